The fraction of sp³-hybridized carbons (Fsp3) is 0.250. The van der Waals surface area contributed by atoms with Crippen molar-refractivity contribution in [2.75, 3.05) is 5.32 Å². The third-order valence-corrected chi connectivity index (χ3v) is 4.89. The molecule has 0 aliphatic heterocycles. The predicted octanol–water partition coefficient (Wildman–Crippen LogP) is 4.01. The van der Waals surface area contributed by atoms with Gasteiger partial charge < -0.3 is 16.0 Å². The molecule has 0 fully saturated rings. The van der Waals surface area contributed by atoms with Gasteiger partial charge >= 0.3 is 0 Å². The molecular weight excluding hydrogens is 376 g/mol. The Balaban J connectivity index is 0.000000221. The van der Waals surface area contributed by atoms with Crippen molar-refractivity contribution >= 4 is 32.7 Å². The molecule has 0 atom stereocenters. The minimum Gasteiger partial charge on any atom is -0.370 e. The van der Waals surface area contributed by atoms with E-state index in [1.807, 2.05) is 25.1 Å². The van der Waals surface area contributed by atoms with Gasteiger partial charge in [0.1, 0.15) is 0 Å². The molecule has 0 aliphatic carbocycles. The van der Waals surface area contributed by atoms with Crippen LogP contribution in [0.25, 0.3) is 10.9 Å². The molecule has 0 aliphatic rings. The van der Waals surface area contributed by atoms with Crippen LogP contribution in [0, 0.1) is 12.3 Å². The van der Waals surface area contributed by atoms with Crippen LogP contribution in [-0.2, 0) is 15.5 Å². The minimum atomic E-state index is -4.02. The highest BCUT2D eigenvalue weighted by atomic mass is 32.2. The van der Waals surface area contributed by atoms with Gasteiger partial charge in [-0.15, -0.1) is 0 Å². The van der Waals surface area contributed by atoms with Crippen LogP contribution in [0.1, 0.15) is 32.0 Å². The lowest BCUT2D eigenvalue weighted by molar-refractivity contribution is 0.483. The number of anilines is 1. The highest BCUT2D eigenvalue weighted by Gasteiger charge is 2.16. The molecule has 0 saturated heterocycles. The SMILES string of the molecule is CC(C)(C)c1cc2cc(NC(=N)N)ccc2[nH]1.Cc1ccc(S(=O)(=O)O)cc1. The van der Waals surface area contributed by atoms with E-state index in [9.17, 15) is 8.42 Å². The third-order valence-electron chi connectivity index (χ3n) is 4.03. The van der Waals surface area contributed by atoms with Crippen LogP contribution in [0.3, 0.4) is 0 Å². The van der Waals surface area contributed by atoms with Crippen molar-refractivity contribution in [2.45, 2.75) is 38.0 Å². The molecule has 3 aromatic rings. The lowest BCUT2D eigenvalue weighted by Crippen LogP contribution is -2.20. The van der Waals surface area contributed by atoms with E-state index in [2.05, 4.69) is 37.1 Å². The van der Waals surface area contributed by atoms with E-state index in [1.54, 1.807) is 12.1 Å². The van der Waals surface area contributed by atoms with Crippen LogP contribution in [0.2, 0.25) is 0 Å². The zero-order valence-electron chi connectivity index (χ0n) is 16.4. The van der Waals surface area contributed by atoms with E-state index < -0.39 is 10.1 Å². The average Bonchev–Trinajstić information content (AvgIpc) is 2.98. The second-order valence-corrected chi connectivity index (χ2v) is 8.98. The summed E-state index contributed by atoms with van der Waals surface area (Å²) in [6.07, 6.45) is 0. The van der Waals surface area contributed by atoms with Gasteiger partial charge in [0.25, 0.3) is 10.1 Å². The number of aromatic amines is 1. The number of aromatic nitrogens is 1. The van der Waals surface area contributed by atoms with Crippen molar-refractivity contribution in [3.05, 3.63) is 59.8 Å². The fourth-order valence-electron chi connectivity index (χ4n) is 2.48. The Labute approximate surface area is 165 Å². The molecule has 1 heterocycles. The maximum absolute atomic E-state index is 10.5. The van der Waals surface area contributed by atoms with E-state index in [0.29, 0.717) is 0 Å². The molecule has 8 heteroatoms. The number of aryl methyl sites for hydroxylation is 1. The summed E-state index contributed by atoms with van der Waals surface area (Å²) in [6, 6.07) is 14.0. The summed E-state index contributed by atoms with van der Waals surface area (Å²) in [6.45, 7) is 8.36. The first kappa shape index (κ1) is 21.5. The van der Waals surface area contributed by atoms with Crippen LogP contribution in [-0.4, -0.2) is 23.9 Å². The molecule has 0 amide bonds. The summed E-state index contributed by atoms with van der Waals surface area (Å²) >= 11 is 0. The maximum Gasteiger partial charge on any atom is 0.294 e. The largest absolute Gasteiger partial charge is 0.370 e. The molecule has 0 unspecified atom stereocenters. The summed E-state index contributed by atoms with van der Waals surface area (Å²) in [5.74, 6) is -0.0454. The number of H-pyrrole nitrogens is 1. The first-order valence-corrected chi connectivity index (χ1v) is 10.1. The van der Waals surface area contributed by atoms with Crippen molar-refractivity contribution in [1.82, 2.24) is 4.98 Å². The number of nitrogens with two attached hydrogens (primary N) is 1. The van der Waals surface area contributed by atoms with E-state index in [0.717, 1.165) is 22.2 Å². The summed E-state index contributed by atoms with van der Waals surface area (Å²) in [5.41, 5.74) is 9.51. The van der Waals surface area contributed by atoms with Gasteiger partial charge in [0.15, 0.2) is 5.96 Å². The van der Waals surface area contributed by atoms with Gasteiger partial charge in [-0.05, 0) is 43.3 Å². The second-order valence-electron chi connectivity index (χ2n) is 7.56. The lowest BCUT2D eigenvalue weighted by Gasteiger charge is -2.15. The number of nitrogens with one attached hydrogen (secondary N) is 3. The zero-order valence-corrected chi connectivity index (χ0v) is 17.2. The van der Waals surface area contributed by atoms with Crippen LogP contribution < -0.4 is 11.1 Å². The first-order valence-electron chi connectivity index (χ1n) is 8.65. The summed E-state index contributed by atoms with van der Waals surface area (Å²) < 4.78 is 29.6. The number of guanidine groups is 1. The molecule has 0 bridgehead atoms. The Morgan fingerprint density at radius 2 is 1.71 bits per heavy atom. The molecule has 0 spiro atoms. The lowest BCUT2D eigenvalue weighted by atomic mass is 9.92. The molecule has 3 rings (SSSR count). The molecule has 6 N–H and O–H groups in total. The average molecular weight is 403 g/mol. The molecule has 28 heavy (non-hydrogen) atoms. The van der Waals surface area contributed by atoms with Gasteiger partial charge in [0.05, 0.1) is 4.90 Å². The Morgan fingerprint density at radius 1 is 1.11 bits per heavy atom. The minimum absolute atomic E-state index is 0.0454. The van der Waals surface area contributed by atoms with E-state index in [1.165, 1.54) is 17.8 Å². The molecule has 2 aromatic carbocycles. The van der Waals surface area contributed by atoms with Crippen LogP contribution >= 0.6 is 0 Å². The molecule has 150 valence electrons. The van der Waals surface area contributed by atoms with Crippen molar-refractivity contribution in [3.8, 4) is 0 Å². The highest BCUT2D eigenvalue weighted by molar-refractivity contribution is 7.85. The summed E-state index contributed by atoms with van der Waals surface area (Å²) in [5, 5.41) is 11.1. The number of benzene rings is 2. The van der Waals surface area contributed by atoms with Gasteiger partial charge in [-0.2, -0.15) is 8.42 Å². The Bertz CT molecular complexity index is 1080. The number of rotatable bonds is 2. The van der Waals surface area contributed by atoms with E-state index in [-0.39, 0.29) is 16.3 Å². The standard InChI is InChI=1S/C13H18N4.C7H8O3S/c1-13(2,3)11-7-8-6-9(16-12(14)15)4-5-10(8)17-11;1-6-2-4-7(5-3-6)11(8,9)10/h4-7,17H,1-3H3,(H4,14,15,16);2-5H,1H3,(H,8,9,10). The Morgan fingerprint density at radius 3 is 2.21 bits per heavy atom. The van der Waals surface area contributed by atoms with Crippen molar-refractivity contribution in [2.24, 2.45) is 5.73 Å². The molecule has 0 saturated carbocycles. The van der Waals surface area contributed by atoms with E-state index in [4.69, 9.17) is 15.7 Å². The quantitative estimate of drug-likeness (QED) is 0.251. The van der Waals surface area contributed by atoms with Crippen LogP contribution in [0.15, 0.2) is 53.4 Å². The topological polar surface area (TPSA) is 132 Å². The number of hydrogen-bond donors (Lipinski definition) is 5. The highest BCUT2D eigenvalue weighted by Crippen LogP contribution is 2.27. The monoisotopic (exact) mass is 402 g/mol. The molecule has 1 aromatic heterocycles. The van der Waals surface area contributed by atoms with E-state index >= 15 is 0 Å². The predicted molar refractivity (Wildman–Crippen MR) is 114 cm³/mol. The fourth-order valence-corrected chi connectivity index (χ4v) is 2.96. The van der Waals surface area contributed by atoms with Crippen molar-refractivity contribution < 1.29 is 13.0 Å². The van der Waals surface area contributed by atoms with Gasteiger partial charge in [-0.1, -0.05) is 38.5 Å². The summed E-state index contributed by atoms with van der Waals surface area (Å²) in [4.78, 5) is 3.34. The number of fused-ring (bicyclic) bond motifs is 1. The Kier molecular flexibility index (Phi) is 6.16. The third kappa shape index (κ3) is 5.83. The second kappa shape index (κ2) is 8.04. The van der Waals surface area contributed by atoms with Gasteiger partial charge in [-0.25, -0.2) is 0 Å². The molecular formula is C20H26N4O3S. The Hall–Kier alpha value is -2.84. The van der Waals surface area contributed by atoms with Gasteiger partial charge in [-0.3, -0.25) is 9.96 Å². The summed E-state index contributed by atoms with van der Waals surface area (Å²) in [7, 11) is -4.02. The van der Waals surface area contributed by atoms with Crippen molar-refractivity contribution in [3.63, 3.8) is 0 Å². The normalized spacial score (nSPS) is 11.6. The molecule has 7 nitrogen and oxygen atoms in total. The van der Waals surface area contributed by atoms with Crippen LogP contribution in [0.4, 0.5) is 5.69 Å². The smallest absolute Gasteiger partial charge is 0.294 e. The van der Waals surface area contributed by atoms with Crippen molar-refractivity contribution in [1.29, 1.82) is 5.41 Å². The molecule has 0 radical (unpaired) electrons. The number of hydrogen-bond acceptors (Lipinski definition) is 3. The first-order chi connectivity index (χ1) is 12.9. The maximum atomic E-state index is 10.5. The zero-order chi connectivity index (χ0) is 21.1. The van der Waals surface area contributed by atoms with Gasteiger partial charge in [0, 0.05) is 27.7 Å². The van der Waals surface area contributed by atoms with Gasteiger partial charge in [0.2, 0.25) is 0 Å². The van der Waals surface area contributed by atoms with Crippen LogP contribution in [0.5, 0.6) is 0 Å².